The van der Waals surface area contributed by atoms with Gasteiger partial charge in [0.2, 0.25) is 0 Å². The topological polar surface area (TPSA) is 94.0 Å². The second-order valence-corrected chi connectivity index (χ2v) is 3.96. The van der Waals surface area contributed by atoms with Crippen LogP contribution in [0.5, 0.6) is 0 Å². The minimum Gasteiger partial charge on any atom is -0.476 e. The Hall–Kier alpha value is -1.43. The second kappa shape index (κ2) is 3.98. The van der Waals surface area contributed by atoms with Gasteiger partial charge in [-0.25, -0.2) is 9.48 Å². The molecule has 0 bridgehead atoms. The van der Waals surface area contributed by atoms with Gasteiger partial charge >= 0.3 is 5.97 Å². The summed E-state index contributed by atoms with van der Waals surface area (Å²) in [7, 11) is 0. The molecule has 1 aliphatic rings. The summed E-state index contributed by atoms with van der Waals surface area (Å²) in [5.74, 6) is -1.03. The Morgan fingerprint density at radius 1 is 1.47 bits per heavy atom. The van der Waals surface area contributed by atoms with Crippen LogP contribution in [0.1, 0.15) is 42.2 Å². The van der Waals surface area contributed by atoms with Gasteiger partial charge < -0.3 is 10.8 Å². The van der Waals surface area contributed by atoms with Crippen molar-refractivity contribution in [3.63, 3.8) is 0 Å². The van der Waals surface area contributed by atoms with E-state index in [0.29, 0.717) is 0 Å². The van der Waals surface area contributed by atoms with Crippen molar-refractivity contribution in [3.05, 3.63) is 11.9 Å². The molecule has 2 rings (SSSR count). The average molecular weight is 210 g/mol. The Morgan fingerprint density at radius 2 is 2.13 bits per heavy atom. The lowest BCUT2D eigenvalue weighted by Gasteiger charge is -2.25. The smallest absolute Gasteiger partial charge is 0.358 e. The molecule has 1 heterocycles. The molecular weight excluding hydrogens is 196 g/mol. The Balaban J connectivity index is 2.06. The summed E-state index contributed by atoms with van der Waals surface area (Å²) >= 11 is 0. The number of nitrogens with zero attached hydrogens (tertiary/aromatic N) is 3. The molecule has 0 radical (unpaired) electrons. The van der Waals surface area contributed by atoms with Gasteiger partial charge in [0.25, 0.3) is 0 Å². The fourth-order valence-corrected chi connectivity index (χ4v) is 1.92. The maximum atomic E-state index is 10.6. The molecule has 0 aliphatic heterocycles. The highest BCUT2D eigenvalue weighted by molar-refractivity contribution is 5.84. The van der Waals surface area contributed by atoms with Gasteiger partial charge in [0.15, 0.2) is 5.69 Å². The molecule has 1 saturated carbocycles. The van der Waals surface area contributed by atoms with E-state index in [1.54, 1.807) is 4.68 Å². The first-order valence-electron chi connectivity index (χ1n) is 5.07. The van der Waals surface area contributed by atoms with Crippen molar-refractivity contribution in [2.45, 2.75) is 37.8 Å². The predicted molar refractivity (Wildman–Crippen MR) is 52.5 cm³/mol. The first-order valence-corrected chi connectivity index (χ1v) is 5.07. The standard InChI is InChI=1S/C9H14N4O2/c10-6-1-3-7(4-2-6)13-5-8(9(14)15)11-12-13/h5-7H,1-4,10H2,(H,14,15). The summed E-state index contributed by atoms with van der Waals surface area (Å²) in [4.78, 5) is 10.6. The van der Waals surface area contributed by atoms with E-state index < -0.39 is 5.97 Å². The number of carbonyl (C=O) groups is 1. The van der Waals surface area contributed by atoms with Crippen molar-refractivity contribution in [3.8, 4) is 0 Å². The maximum Gasteiger partial charge on any atom is 0.358 e. The quantitative estimate of drug-likeness (QED) is 0.737. The van der Waals surface area contributed by atoms with E-state index in [1.807, 2.05) is 0 Å². The van der Waals surface area contributed by atoms with Gasteiger partial charge in [-0.2, -0.15) is 0 Å². The van der Waals surface area contributed by atoms with E-state index in [4.69, 9.17) is 10.8 Å². The molecule has 6 nitrogen and oxygen atoms in total. The molecule has 15 heavy (non-hydrogen) atoms. The highest BCUT2D eigenvalue weighted by Crippen LogP contribution is 2.26. The highest BCUT2D eigenvalue weighted by atomic mass is 16.4. The molecule has 6 heteroatoms. The lowest BCUT2D eigenvalue weighted by atomic mass is 9.92. The predicted octanol–water partition coefficient (Wildman–Crippen LogP) is 0.419. The molecule has 0 amide bonds. The van der Waals surface area contributed by atoms with Gasteiger partial charge in [-0.3, -0.25) is 0 Å². The first-order chi connectivity index (χ1) is 7.16. The molecule has 1 aromatic heterocycles. The number of rotatable bonds is 2. The Morgan fingerprint density at radius 3 is 2.67 bits per heavy atom. The lowest BCUT2D eigenvalue weighted by molar-refractivity contribution is 0.0690. The number of aromatic carboxylic acids is 1. The van der Waals surface area contributed by atoms with Gasteiger partial charge in [-0.05, 0) is 25.7 Å². The van der Waals surface area contributed by atoms with Crippen LogP contribution in [0, 0.1) is 0 Å². The van der Waals surface area contributed by atoms with Crippen LogP contribution in [0.15, 0.2) is 6.20 Å². The summed E-state index contributed by atoms with van der Waals surface area (Å²) in [6, 6.07) is 0.536. The molecule has 0 atom stereocenters. The molecule has 1 aliphatic carbocycles. The van der Waals surface area contributed by atoms with E-state index in [0.717, 1.165) is 25.7 Å². The Labute approximate surface area is 87.1 Å². The van der Waals surface area contributed by atoms with Crippen molar-refractivity contribution in [1.29, 1.82) is 0 Å². The van der Waals surface area contributed by atoms with E-state index in [2.05, 4.69) is 10.3 Å². The zero-order chi connectivity index (χ0) is 10.8. The monoisotopic (exact) mass is 210 g/mol. The Kier molecular flexibility index (Phi) is 2.68. The maximum absolute atomic E-state index is 10.6. The van der Waals surface area contributed by atoms with Crippen molar-refractivity contribution in [2.75, 3.05) is 0 Å². The zero-order valence-corrected chi connectivity index (χ0v) is 8.33. The van der Waals surface area contributed by atoms with Crippen LogP contribution in [-0.2, 0) is 0 Å². The molecule has 0 aromatic carbocycles. The van der Waals surface area contributed by atoms with Crippen LogP contribution in [0.4, 0.5) is 0 Å². The van der Waals surface area contributed by atoms with Crippen LogP contribution in [0.25, 0.3) is 0 Å². The number of aromatic nitrogens is 3. The number of carboxylic acids is 1. The van der Waals surface area contributed by atoms with E-state index in [9.17, 15) is 4.79 Å². The average Bonchev–Trinajstić information content (AvgIpc) is 2.68. The molecule has 82 valence electrons. The normalized spacial score (nSPS) is 26.5. The third kappa shape index (κ3) is 2.15. The molecule has 0 spiro atoms. The summed E-state index contributed by atoms with van der Waals surface area (Å²) in [5.41, 5.74) is 5.79. The fourth-order valence-electron chi connectivity index (χ4n) is 1.92. The summed E-state index contributed by atoms with van der Waals surface area (Å²) in [6.45, 7) is 0. The number of carboxylic acid groups (broad SMARTS) is 1. The van der Waals surface area contributed by atoms with E-state index >= 15 is 0 Å². The zero-order valence-electron chi connectivity index (χ0n) is 8.33. The van der Waals surface area contributed by atoms with Crippen molar-refractivity contribution < 1.29 is 9.90 Å². The molecule has 1 fully saturated rings. The third-order valence-corrected chi connectivity index (χ3v) is 2.84. The molecular formula is C9H14N4O2. The molecule has 3 N–H and O–H groups in total. The summed E-state index contributed by atoms with van der Waals surface area (Å²) in [5, 5.41) is 16.1. The van der Waals surface area contributed by atoms with Crippen LogP contribution in [0.2, 0.25) is 0 Å². The number of nitrogens with two attached hydrogens (primary N) is 1. The second-order valence-electron chi connectivity index (χ2n) is 3.96. The molecule has 1 aromatic rings. The summed E-state index contributed by atoms with van der Waals surface area (Å²) in [6.07, 6.45) is 5.32. The Bertz CT molecular complexity index is 355. The van der Waals surface area contributed by atoms with Crippen molar-refractivity contribution in [1.82, 2.24) is 15.0 Å². The van der Waals surface area contributed by atoms with Crippen molar-refractivity contribution >= 4 is 5.97 Å². The van der Waals surface area contributed by atoms with Crippen LogP contribution in [0.3, 0.4) is 0 Å². The van der Waals surface area contributed by atoms with Crippen LogP contribution in [-0.4, -0.2) is 32.1 Å². The van der Waals surface area contributed by atoms with Crippen LogP contribution < -0.4 is 5.73 Å². The van der Waals surface area contributed by atoms with Gasteiger partial charge in [-0.15, -0.1) is 5.10 Å². The molecule has 0 saturated heterocycles. The largest absolute Gasteiger partial charge is 0.476 e. The fraction of sp³-hybridized carbons (Fsp3) is 0.667. The molecule has 0 unspecified atom stereocenters. The highest BCUT2D eigenvalue weighted by Gasteiger charge is 2.21. The number of hydrogen-bond acceptors (Lipinski definition) is 4. The van der Waals surface area contributed by atoms with E-state index in [-0.39, 0.29) is 17.8 Å². The first kappa shape index (κ1) is 10.1. The van der Waals surface area contributed by atoms with Gasteiger partial charge in [0, 0.05) is 6.04 Å². The minimum atomic E-state index is -1.03. The van der Waals surface area contributed by atoms with Crippen molar-refractivity contribution in [2.24, 2.45) is 5.73 Å². The van der Waals surface area contributed by atoms with Gasteiger partial charge in [-0.1, -0.05) is 5.21 Å². The van der Waals surface area contributed by atoms with E-state index in [1.165, 1.54) is 6.20 Å². The SMILES string of the molecule is NC1CCC(n2cc(C(=O)O)nn2)CC1. The van der Waals surface area contributed by atoms with Gasteiger partial charge in [0.05, 0.1) is 12.2 Å². The van der Waals surface area contributed by atoms with Crippen LogP contribution >= 0.6 is 0 Å². The minimum absolute atomic E-state index is 0.00451. The third-order valence-electron chi connectivity index (χ3n) is 2.84. The van der Waals surface area contributed by atoms with Gasteiger partial charge in [0.1, 0.15) is 0 Å². The lowest BCUT2D eigenvalue weighted by Crippen LogP contribution is -2.28. The number of hydrogen-bond donors (Lipinski definition) is 2. The summed E-state index contributed by atoms with van der Waals surface area (Å²) < 4.78 is 1.65.